The standard InChI is InChI=1S/C12H12F3NO2/c1-2-18-10-5-3-9(4-6-10)16-8-7-11(17)12(13,14)15/h3-8,16H,2H2,1H3/b8-7-. The number of carbonyl (C=O) groups excluding carboxylic acids is 1. The Hall–Kier alpha value is -1.98. The number of benzene rings is 1. The van der Waals surface area contributed by atoms with E-state index in [0.29, 0.717) is 24.1 Å². The van der Waals surface area contributed by atoms with Crippen LogP contribution in [0.2, 0.25) is 0 Å². The minimum Gasteiger partial charge on any atom is -0.494 e. The molecule has 0 radical (unpaired) electrons. The van der Waals surface area contributed by atoms with Gasteiger partial charge in [0.1, 0.15) is 5.75 Å². The van der Waals surface area contributed by atoms with Crippen LogP contribution in [-0.2, 0) is 4.79 Å². The summed E-state index contributed by atoms with van der Waals surface area (Å²) in [4.78, 5) is 10.5. The molecule has 0 atom stereocenters. The third-order valence-corrected chi connectivity index (χ3v) is 1.93. The summed E-state index contributed by atoms with van der Waals surface area (Å²) >= 11 is 0. The molecule has 0 aliphatic heterocycles. The minimum absolute atomic E-state index is 0.441. The quantitative estimate of drug-likeness (QED) is 0.825. The highest BCUT2D eigenvalue weighted by Crippen LogP contribution is 2.17. The van der Waals surface area contributed by atoms with Gasteiger partial charge in [0.2, 0.25) is 0 Å². The number of halogens is 3. The number of hydrogen-bond donors (Lipinski definition) is 1. The van der Waals surface area contributed by atoms with E-state index in [1.165, 1.54) is 0 Å². The monoisotopic (exact) mass is 259 g/mol. The van der Waals surface area contributed by atoms with E-state index in [1.807, 2.05) is 6.92 Å². The lowest BCUT2D eigenvalue weighted by molar-refractivity contribution is -0.165. The third kappa shape index (κ3) is 4.48. The SMILES string of the molecule is CCOc1ccc(N/C=C\C(=O)C(F)(F)F)cc1. The van der Waals surface area contributed by atoms with Crippen molar-refractivity contribution in [3.05, 3.63) is 36.5 Å². The maximum absolute atomic E-state index is 11.9. The van der Waals surface area contributed by atoms with Crippen molar-refractivity contribution in [3.8, 4) is 5.75 Å². The predicted molar refractivity (Wildman–Crippen MR) is 61.4 cm³/mol. The second-order valence-electron chi connectivity index (χ2n) is 3.30. The Morgan fingerprint density at radius 2 is 1.94 bits per heavy atom. The van der Waals surface area contributed by atoms with Crippen molar-refractivity contribution in [3.63, 3.8) is 0 Å². The summed E-state index contributed by atoms with van der Waals surface area (Å²) in [5, 5.41) is 2.56. The molecule has 1 aromatic carbocycles. The van der Waals surface area contributed by atoms with E-state index in [9.17, 15) is 18.0 Å². The number of hydrogen-bond acceptors (Lipinski definition) is 3. The average molecular weight is 259 g/mol. The zero-order valence-electron chi connectivity index (χ0n) is 9.62. The van der Waals surface area contributed by atoms with Gasteiger partial charge in [0.05, 0.1) is 6.61 Å². The molecule has 0 aliphatic rings. The number of anilines is 1. The first-order valence-electron chi connectivity index (χ1n) is 5.20. The number of ether oxygens (including phenoxy) is 1. The minimum atomic E-state index is -4.84. The van der Waals surface area contributed by atoms with Gasteiger partial charge in [0, 0.05) is 18.0 Å². The highest BCUT2D eigenvalue weighted by Gasteiger charge is 2.35. The first-order valence-corrected chi connectivity index (χ1v) is 5.20. The molecule has 1 N–H and O–H groups in total. The molecule has 0 amide bonds. The lowest BCUT2D eigenvalue weighted by Gasteiger charge is -2.04. The van der Waals surface area contributed by atoms with Crippen molar-refractivity contribution >= 4 is 11.5 Å². The fraction of sp³-hybridized carbons (Fsp3) is 0.250. The number of carbonyl (C=O) groups is 1. The summed E-state index contributed by atoms with van der Waals surface area (Å²) in [6, 6.07) is 6.61. The van der Waals surface area contributed by atoms with E-state index in [0.717, 1.165) is 6.20 Å². The van der Waals surface area contributed by atoms with E-state index in [4.69, 9.17) is 4.74 Å². The van der Waals surface area contributed by atoms with Gasteiger partial charge in [-0.25, -0.2) is 0 Å². The van der Waals surface area contributed by atoms with Crippen molar-refractivity contribution in [1.29, 1.82) is 0 Å². The largest absolute Gasteiger partial charge is 0.494 e. The molecule has 18 heavy (non-hydrogen) atoms. The number of alkyl halides is 3. The summed E-state index contributed by atoms with van der Waals surface area (Å²) in [6.45, 7) is 2.38. The molecular formula is C12H12F3NO2. The first kappa shape index (κ1) is 14.1. The smallest absolute Gasteiger partial charge is 0.454 e. The molecule has 0 bridgehead atoms. The maximum atomic E-state index is 11.9. The van der Waals surface area contributed by atoms with Crippen LogP contribution in [0.15, 0.2) is 36.5 Å². The molecule has 0 aliphatic carbocycles. The van der Waals surface area contributed by atoms with Gasteiger partial charge in [-0.3, -0.25) is 4.79 Å². The summed E-state index contributed by atoms with van der Waals surface area (Å²) in [6.07, 6.45) is -3.45. The molecule has 0 spiro atoms. The van der Waals surface area contributed by atoms with Gasteiger partial charge in [-0.05, 0) is 31.2 Å². The Kier molecular flexibility index (Phi) is 4.76. The van der Waals surface area contributed by atoms with Crippen LogP contribution in [0.1, 0.15) is 6.92 Å². The van der Waals surface area contributed by atoms with Crippen LogP contribution in [-0.4, -0.2) is 18.6 Å². The Morgan fingerprint density at radius 3 is 2.44 bits per heavy atom. The van der Waals surface area contributed by atoms with Gasteiger partial charge in [-0.1, -0.05) is 0 Å². The summed E-state index contributed by atoms with van der Waals surface area (Å²) in [5.74, 6) is -1.24. The van der Waals surface area contributed by atoms with Crippen LogP contribution in [0.25, 0.3) is 0 Å². The molecular weight excluding hydrogens is 247 g/mol. The second kappa shape index (κ2) is 6.09. The van der Waals surface area contributed by atoms with E-state index in [2.05, 4.69) is 5.32 Å². The lowest BCUT2D eigenvalue weighted by Crippen LogP contribution is -2.20. The van der Waals surface area contributed by atoms with Crippen molar-refractivity contribution < 1.29 is 22.7 Å². The summed E-state index contributed by atoms with van der Waals surface area (Å²) in [5.41, 5.74) is 0.560. The number of ketones is 1. The zero-order valence-corrected chi connectivity index (χ0v) is 9.62. The Labute approximate surface area is 102 Å². The van der Waals surface area contributed by atoms with Gasteiger partial charge in [0.25, 0.3) is 5.78 Å². The lowest BCUT2D eigenvalue weighted by atomic mass is 10.3. The highest BCUT2D eigenvalue weighted by molar-refractivity contribution is 5.94. The van der Waals surface area contributed by atoms with Crippen molar-refractivity contribution in [2.75, 3.05) is 11.9 Å². The second-order valence-corrected chi connectivity index (χ2v) is 3.30. The van der Waals surface area contributed by atoms with Crippen molar-refractivity contribution in [2.24, 2.45) is 0 Å². The summed E-state index contributed by atoms with van der Waals surface area (Å²) in [7, 11) is 0. The van der Waals surface area contributed by atoms with E-state index >= 15 is 0 Å². The molecule has 3 nitrogen and oxygen atoms in total. The van der Waals surface area contributed by atoms with Crippen molar-refractivity contribution in [1.82, 2.24) is 0 Å². The number of allylic oxidation sites excluding steroid dienone is 1. The molecule has 0 unspecified atom stereocenters. The third-order valence-electron chi connectivity index (χ3n) is 1.93. The summed E-state index contributed by atoms with van der Waals surface area (Å²) < 4.78 is 40.8. The van der Waals surface area contributed by atoms with Gasteiger partial charge < -0.3 is 10.1 Å². The molecule has 0 saturated carbocycles. The molecule has 98 valence electrons. The van der Waals surface area contributed by atoms with Crippen LogP contribution in [0.5, 0.6) is 5.75 Å². The maximum Gasteiger partial charge on any atom is 0.454 e. The van der Waals surface area contributed by atoms with Gasteiger partial charge in [-0.15, -0.1) is 0 Å². The first-order chi connectivity index (χ1) is 8.43. The molecule has 1 rings (SSSR count). The van der Waals surface area contributed by atoms with Gasteiger partial charge in [-0.2, -0.15) is 13.2 Å². The van der Waals surface area contributed by atoms with Crippen molar-refractivity contribution in [2.45, 2.75) is 13.1 Å². The fourth-order valence-electron chi connectivity index (χ4n) is 1.12. The topological polar surface area (TPSA) is 38.3 Å². The van der Waals surface area contributed by atoms with Gasteiger partial charge >= 0.3 is 6.18 Å². The van der Waals surface area contributed by atoms with Crippen LogP contribution in [0.4, 0.5) is 18.9 Å². The highest BCUT2D eigenvalue weighted by atomic mass is 19.4. The predicted octanol–water partition coefficient (Wildman–Crippen LogP) is 3.14. The van der Waals surface area contributed by atoms with E-state index < -0.39 is 12.0 Å². The molecule has 0 aromatic heterocycles. The Balaban J connectivity index is 2.53. The average Bonchev–Trinajstić information content (AvgIpc) is 2.30. The zero-order chi connectivity index (χ0) is 13.6. The van der Waals surface area contributed by atoms with E-state index in [-0.39, 0.29) is 0 Å². The van der Waals surface area contributed by atoms with Crippen LogP contribution in [0.3, 0.4) is 0 Å². The van der Waals surface area contributed by atoms with Crippen LogP contribution in [0, 0.1) is 0 Å². The fourth-order valence-corrected chi connectivity index (χ4v) is 1.12. The molecule has 1 aromatic rings. The van der Waals surface area contributed by atoms with E-state index in [1.54, 1.807) is 24.3 Å². The number of nitrogens with one attached hydrogen (secondary N) is 1. The Bertz CT molecular complexity index is 424. The number of rotatable bonds is 5. The molecule has 0 heterocycles. The van der Waals surface area contributed by atoms with Crippen LogP contribution < -0.4 is 10.1 Å². The van der Waals surface area contributed by atoms with Gasteiger partial charge in [0.15, 0.2) is 0 Å². The van der Waals surface area contributed by atoms with Crippen LogP contribution >= 0.6 is 0 Å². The molecule has 0 fully saturated rings. The normalized spacial score (nSPS) is 11.6. The molecule has 0 saturated heterocycles. The Morgan fingerprint density at radius 1 is 1.33 bits per heavy atom. The molecule has 6 heteroatoms.